The number of para-hydroxylation sites is 1. The Hall–Kier alpha value is -2.27. The Labute approximate surface area is 214 Å². The van der Waals surface area contributed by atoms with Gasteiger partial charge < -0.3 is 5.32 Å². The van der Waals surface area contributed by atoms with Crippen molar-refractivity contribution < 1.29 is 21.6 Å². The first-order chi connectivity index (χ1) is 17.2. The molecule has 2 aromatic rings. The van der Waals surface area contributed by atoms with Crippen molar-refractivity contribution in [1.82, 2.24) is 9.03 Å². The van der Waals surface area contributed by atoms with Crippen LogP contribution in [0.4, 0.5) is 5.69 Å². The van der Waals surface area contributed by atoms with Crippen LogP contribution in [-0.4, -0.2) is 45.7 Å². The molecule has 2 aliphatic rings. The Kier molecular flexibility index (Phi) is 8.49. The summed E-state index contributed by atoms with van der Waals surface area (Å²) in [6.07, 6.45) is 7.06. The van der Waals surface area contributed by atoms with Gasteiger partial charge in [0.15, 0.2) is 0 Å². The van der Waals surface area contributed by atoms with Gasteiger partial charge in [0, 0.05) is 17.8 Å². The van der Waals surface area contributed by atoms with Gasteiger partial charge in [0.25, 0.3) is 0 Å². The van der Waals surface area contributed by atoms with Crippen molar-refractivity contribution >= 4 is 31.6 Å². The Bertz CT molecular complexity index is 1240. The monoisotopic (exact) mass is 533 g/mol. The summed E-state index contributed by atoms with van der Waals surface area (Å²) in [6.45, 7) is 1.75. The van der Waals surface area contributed by atoms with Crippen LogP contribution in [0.3, 0.4) is 0 Å². The zero-order valence-corrected chi connectivity index (χ0v) is 22.2. The van der Waals surface area contributed by atoms with Crippen LogP contribution < -0.4 is 10.0 Å². The lowest BCUT2D eigenvalue weighted by Gasteiger charge is -2.29. The van der Waals surface area contributed by atoms with Crippen molar-refractivity contribution in [3.63, 3.8) is 0 Å². The Morgan fingerprint density at radius 2 is 1.42 bits per heavy atom. The van der Waals surface area contributed by atoms with Crippen molar-refractivity contribution in [2.24, 2.45) is 5.92 Å². The second-order valence-electron chi connectivity index (χ2n) is 9.86. The molecule has 0 heterocycles. The molecule has 0 bridgehead atoms. The van der Waals surface area contributed by atoms with Gasteiger partial charge in [0.05, 0.1) is 16.3 Å². The van der Waals surface area contributed by atoms with Gasteiger partial charge in [-0.3, -0.25) is 4.79 Å². The van der Waals surface area contributed by atoms with E-state index in [9.17, 15) is 21.6 Å². The Morgan fingerprint density at radius 1 is 0.833 bits per heavy atom. The molecule has 2 aliphatic carbocycles. The summed E-state index contributed by atoms with van der Waals surface area (Å²) >= 11 is 0. The highest BCUT2D eigenvalue weighted by atomic mass is 32.2. The van der Waals surface area contributed by atoms with E-state index in [2.05, 4.69) is 10.0 Å². The number of sulfonamides is 2. The quantitative estimate of drug-likeness (QED) is 0.504. The first-order valence-corrected chi connectivity index (χ1v) is 15.6. The fraction of sp³-hybridized carbons (Fsp3) is 0.500. The molecule has 10 heteroatoms. The molecule has 196 valence electrons. The van der Waals surface area contributed by atoms with Crippen LogP contribution in [0.15, 0.2) is 64.4 Å². The van der Waals surface area contributed by atoms with E-state index in [1.54, 1.807) is 24.3 Å². The molecule has 36 heavy (non-hydrogen) atoms. The number of hydrogen-bond acceptors (Lipinski definition) is 5. The number of anilines is 1. The van der Waals surface area contributed by atoms with Crippen molar-refractivity contribution in [2.45, 2.75) is 80.2 Å². The molecule has 0 unspecified atom stereocenters. The second-order valence-corrected chi connectivity index (χ2v) is 13.5. The minimum atomic E-state index is -4.01. The van der Waals surface area contributed by atoms with Crippen LogP contribution in [0, 0.1) is 5.92 Å². The molecule has 2 fully saturated rings. The lowest BCUT2D eigenvalue weighted by molar-refractivity contribution is -0.116. The molecule has 2 atom stereocenters. The average Bonchev–Trinajstić information content (AvgIpc) is 3.39. The third kappa shape index (κ3) is 6.34. The molecule has 2 saturated carbocycles. The van der Waals surface area contributed by atoms with Gasteiger partial charge in [-0.1, -0.05) is 50.8 Å². The van der Waals surface area contributed by atoms with Gasteiger partial charge in [-0.25, -0.2) is 21.6 Å². The summed E-state index contributed by atoms with van der Waals surface area (Å²) < 4.78 is 57.2. The number of nitrogens with zero attached hydrogens (tertiary/aromatic N) is 1. The summed E-state index contributed by atoms with van der Waals surface area (Å²) in [6, 6.07) is 13.8. The first-order valence-electron chi connectivity index (χ1n) is 12.7. The molecule has 8 nitrogen and oxygen atoms in total. The number of amides is 1. The van der Waals surface area contributed by atoms with E-state index in [0.29, 0.717) is 18.5 Å². The third-order valence-electron chi connectivity index (χ3n) is 7.25. The Morgan fingerprint density at radius 3 is 2.06 bits per heavy atom. The Balaban J connectivity index is 1.52. The van der Waals surface area contributed by atoms with E-state index in [4.69, 9.17) is 0 Å². The van der Waals surface area contributed by atoms with Crippen LogP contribution in [0.5, 0.6) is 0 Å². The van der Waals surface area contributed by atoms with Gasteiger partial charge in [0.1, 0.15) is 0 Å². The highest BCUT2D eigenvalue weighted by Crippen LogP contribution is 2.30. The summed E-state index contributed by atoms with van der Waals surface area (Å²) in [5, 5.41) is 2.76. The SMILES string of the molecule is C[C@H]1CCCC[C@H]1NS(=O)(=O)c1ccc(S(=O)(=O)N(CC(=O)Nc2ccccc2)C2CCCC2)cc1. The van der Waals surface area contributed by atoms with E-state index in [1.807, 2.05) is 13.0 Å². The number of nitrogens with one attached hydrogen (secondary N) is 2. The molecule has 1 amide bonds. The molecule has 0 aliphatic heterocycles. The molecule has 0 radical (unpaired) electrons. The maximum absolute atomic E-state index is 13.6. The fourth-order valence-corrected chi connectivity index (χ4v) is 8.17. The van der Waals surface area contributed by atoms with Crippen molar-refractivity contribution in [1.29, 1.82) is 0 Å². The molecule has 2 N–H and O–H groups in total. The van der Waals surface area contributed by atoms with Gasteiger partial charge in [-0.05, 0) is 68.0 Å². The molecule has 0 spiro atoms. The normalized spacial score (nSPS) is 21.5. The van der Waals surface area contributed by atoms with Crippen LogP contribution >= 0.6 is 0 Å². The van der Waals surface area contributed by atoms with E-state index >= 15 is 0 Å². The van der Waals surface area contributed by atoms with E-state index in [-0.39, 0.29) is 34.3 Å². The zero-order valence-electron chi connectivity index (χ0n) is 20.6. The topological polar surface area (TPSA) is 113 Å². The summed E-state index contributed by atoms with van der Waals surface area (Å²) in [4.78, 5) is 12.8. The number of rotatable bonds is 9. The van der Waals surface area contributed by atoms with Crippen LogP contribution in [0.25, 0.3) is 0 Å². The lowest BCUT2D eigenvalue weighted by Crippen LogP contribution is -2.43. The molecular weight excluding hydrogens is 498 g/mol. The molecular formula is C26H35N3O5S2. The molecule has 0 saturated heterocycles. The third-order valence-corrected chi connectivity index (χ3v) is 10.7. The van der Waals surface area contributed by atoms with Gasteiger partial charge >= 0.3 is 0 Å². The van der Waals surface area contributed by atoms with E-state index in [0.717, 1.165) is 38.5 Å². The summed E-state index contributed by atoms with van der Waals surface area (Å²) in [5.74, 6) is -0.156. The van der Waals surface area contributed by atoms with Crippen LogP contribution in [-0.2, 0) is 24.8 Å². The van der Waals surface area contributed by atoms with E-state index < -0.39 is 26.0 Å². The standard InChI is InChI=1S/C26H35N3O5S2/c1-20-9-5-8-14-25(20)28-35(31,32)23-15-17-24(18-16-23)36(33,34)29(22-12-6-7-13-22)19-26(30)27-21-10-3-2-4-11-21/h2-4,10-11,15-18,20,22,25,28H,5-9,12-14,19H2,1H3,(H,27,30)/t20-,25+/m0/s1. The minimum Gasteiger partial charge on any atom is -0.325 e. The second kappa shape index (κ2) is 11.4. The van der Waals surface area contributed by atoms with Crippen molar-refractivity contribution in [3.8, 4) is 0 Å². The highest BCUT2D eigenvalue weighted by molar-refractivity contribution is 7.89. The summed E-state index contributed by atoms with van der Waals surface area (Å²) in [5.41, 5.74) is 0.598. The van der Waals surface area contributed by atoms with E-state index in [1.165, 1.54) is 28.6 Å². The van der Waals surface area contributed by atoms with Crippen LogP contribution in [0.2, 0.25) is 0 Å². The summed E-state index contributed by atoms with van der Waals surface area (Å²) in [7, 11) is -7.78. The molecule has 2 aromatic carbocycles. The van der Waals surface area contributed by atoms with Gasteiger partial charge in [0.2, 0.25) is 26.0 Å². The number of carbonyl (C=O) groups is 1. The first kappa shape index (κ1) is 26.8. The average molecular weight is 534 g/mol. The predicted octanol–water partition coefficient (Wildman–Crippen LogP) is 4.12. The van der Waals surface area contributed by atoms with Gasteiger partial charge in [-0.2, -0.15) is 4.31 Å². The zero-order chi connectivity index (χ0) is 25.8. The number of carbonyl (C=O) groups excluding carboxylic acids is 1. The molecule has 4 rings (SSSR count). The maximum atomic E-state index is 13.6. The molecule has 0 aromatic heterocycles. The number of benzene rings is 2. The highest BCUT2D eigenvalue weighted by Gasteiger charge is 2.35. The van der Waals surface area contributed by atoms with Crippen molar-refractivity contribution in [3.05, 3.63) is 54.6 Å². The predicted molar refractivity (Wildman–Crippen MR) is 139 cm³/mol. The smallest absolute Gasteiger partial charge is 0.243 e. The van der Waals surface area contributed by atoms with Gasteiger partial charge in [-0.15, -0.1) is 0 Å². The van der Waals surface area contributed by atoms with Crippen molar-refractivity contribution in [2.75, 3.05) is 11.9 Å². The maximum Gasteiger partial charge on any atom is 0.243 e. The largest absolute Gasteiger partial charge is 0.325 e. The fourth-order valence-electron chi connectivity index (χ4n) is 5.15. The number of hydrogen-bond donors (Lipinski definition) is 2. The van der Waals surface area contributed by atoms with Crippen LogP contribution in [0.1, 0.15) is 58.3 Å². The minimum absolute atomic E-state index is 0.0214. The lowest BCUT2D eigenvalue weighted by atomic mass is 9.87.